The Kier molecular flexibility index (Phi) is 4.10. The summed E-state index contributed by atoms with van der Waals surface area (Å²) in [7, 11) is -3.58. The van der Waals surface area contributed by atoms with E-state index in [1.165, 1.54) is 14.0 Å². The zero-order valence-corrected chi connectivity index (χ0v) is 14.7. The highest BCUT2D eigenvalue weighted by Gasteiger charge is 2.70. The Hall–Kier alpha value is -1.37. The number of aromatic nitrogens is 2. The third kappa shape index (κ3) is 2.46. The summed E-state index contributed by atoms with van der Waals surface area (Å²) in [5.41, 5.74) is -3.96. The standard InChI is InChI=1S/C12H14ClF3N4O4S/c1-6-9(10(13)19(2)17-6)25(22,23)20-11(21,12(14,15)16)7-5-24-4-3-8(7)18-20/h7,21H,3-5H2,1-2H3/t7-,11+/m0/s1. The lowest BCUT2D eigenvalue weighted by atomic mass is 9.90. The van der Waals surface area contributed by atoms with E-state index in [-0.39, 0.29) is 34.0 Å². The monoisotopic (exact) mass is 402 g/mol. The third-order valence-electron chi connectivity index (χ3n) is 4.19. The molecule has 0 spiro atoms. The van der Waals surface area contributed by atoms with Crippen molar-refractivity contribution in [3.05, 3.63) is 10.8 Å². The van der Waals surface area contributed by atoms with Crippen LogP contribution in [0.15, 0.2) is 10.00 Å². The minimum absolute atomic E-state index is 0.0190. The second-order valence-electron chi connectivity index (χ2n) is 5.77. The predicted octanol–water partition coefficient (Wildman–Crippen LogP) is 1.03. The maximum absolute atomic E-state index is 13.7. The van der Waals surface area contributed by atoms with Gasteiger partial charge in [0.05, 0.1) is 30.5 Å². The molecule has 8 nitrogen and oxygen atoms in total. The van der Waals surface area contributed by atoms with Gasteiger partial charge in [-0.1, -0.05) is 11.6 Å². The molecule has 1 aromatic rings. The number of hydrogen-bond donors (Lipinski definition) is 1. The van der Waals surface area contributed by atoms with Gasteiger partial charge >= 0.3 is 6.18 Å². The van der Waals surface area contributed by atoms with Crippen molar-refractivity contribution in [2.75, 3.05) is 13.2 Å². The van der Waals surface area contributed by atoms with E-state index in [2.05, 4.69) is 10.2 Å². The van der Waals surface area contributed by atoms with E-state index in [1.807, 2.05) is 0 Å². The Morgan fingerprint density at radius 1 is 1.44 bits per heavy atom. The number of sulfonamides is 1. The van der Waals surface area contributed by atoms with Gasteiger partial charge in [0, 0.05) is 13.5 Å². The van der Waals surface area contributed by atoms with Crippen LogP contribution in [-0.2, 0) is 21.8 Å². The predicted molar refractivity (Wildman–Crippen MR) is 79.3 cm³/mol. The second-order valence-corrected chi connectivity index (χ2v) is 7.83. The van der Waals surface area contributed by atoms with Crippen molar-refractivity contribution in [1.82, 2.24) is 14.2 Å². The summed E-state index contributed by atoms with van der Waals surface area (Å²) in [4.78, 5) is -0.636. The average molecular weight is 403 g/mol. The molecule has 1 aromatic heterocycles. The van der Waals surface area contributed by atoms with Gasteiger partial charge in [-0.25, -0.2) is 0 Å². The Morgan fingerprint density at radius 3 is 2.60 bits per heavy atom. The molecule has 140 valence electrons. The van der Waals surface area contributed by atoms with E-state index in [9.17, 15) is 26.7 Å². The van der Waals surface area contributed by atoms with Crippen LogP contribution < -0.4 is 0 Å². The molecule has 2 aliphatic rings. The minimum Gasteiger partial charge on any atom is -0.380 e. The van der Waals surface area contributed by atoms with Crippen LogP contribution in [0.25, 0.3) is 0 Å². The number of fused-ring (bicyclic) bond motifs is 1. The molecule has 0 unspecified atom stereocenters. The number of ether oxygens (including phenoxy) is 1. The summed E-state index contributed by atoms with van der Waals surface area (Å²) in [5.74, 6) is -1.65. The Bertz CT molecular complexity index is 853. The Morgan fingerprint density at radius 2 is 2.08 bits per heavy atom. The van der Waals surface area contributed by atoms with Crippen molar-refractivity contribution >= 4 is 27.3 Å². The van der Waals surface area contributed by atoms with Gasteiger partial charge in [-0.15, -0.1) is 4.41 Å². The maximum Gasteiger partial charge on any atom is 0.439 e. The lowest BCUT2D eigenvalue weighted by Crippen LogP contribution is -2.62. The lowest BCUT2D eigenvalue weighted by molar-refractivity contribution is -0.309. The van der Waals surface area contributed by atoms with Crippen molar-refractivity contribution in [2.45, 2.75) is 30.1 Å². The van der Waals surface area contributed by atoms with Gasteiger partial charge in [0.2, 0.25) is 0 Å². The molecule has 0 bridgehead atoms. The van der Waals surface area contributed by atoms with Crippen LogP contribution in [0.1, 0.15) is 12.1 Å². The number of halogens is 4. The molecule has 3 heterocycles. The number of hydrogen-bond acceptors (Lipinski definition) is 6. The molecule has 1 N–H and O–H groups in total. The molecule has 25 heavy (non-hydrogen) atoms. The van der Waals surface area contributed by atoms with Gasteiger partial charge < -0.3 is 9.84 Å². The molecular weight excluding hydrogens is 389 g/mol. The highest BCUT2D eigenvalue weighted by molar-refractivity contribution is 7.89. The van der Waals surface area contributed by atoms with Crippen LogP contribution in [0.5, 0.6) is 0 Å². The molecule has 0 aromatic carbocycles. The van der Waals surface area contributed by atoms with Gasteiger partial charge in [-0.2, -0.15) is 31.8 Å². The topological polar surface area (TPSA) is 97.0 Å². The minimum atomic E-state index is -5.31. The summed E-state index contributed by atoms with van der Waals surface area (Å²) >= 11 is 5.90. The Labute approximate surface area is 145 Å². The number of aliphatic hydroxyl groups is 1. The van der Waals surface area contributed by atoms with Crippen molar-refractivity contribution in [2.24, 2.45) is 18.1 Å². The van der Waals surface area contributed by atoms with Gasteiger partial charge in [0.25, 0.3) is 15.7 Å². The van der Waals surface area contributed by atoms with E-state index in [1.54, 1.807) is 0 Å². The van der Waals surface area contributed by atoms with Crippen molar-refractivity contribution in [3.63, 3.8) is 0 Å². The highest BCUT2D eigenvalue weighted by atomic mass is 35.5. The SMILES string of the molecule is Cc1nn(C)c(Cl)c1S(=O)(=O)N1N=C2CCOC[C@@H]2[C@@]1(O)C(F)(F)F. The molecule has 0 amide bonds. The molecule has 1 saturated heterocycles. The smallest absolute Gasteiger partial charge is 0.380 e. The van der Waals surface area contributed by atoms with Crippen LogP contribution in [0.3, 0.4) is 0 Å². The molecule has 2 aliphatic heterocycles. The Balaban J connectivity index is 2.21. The number of rotatable bonds is 2. The van der Waals surface area contributed by atoms with Crippen LogP contribution in [0, 0.1) is 12.8 Å². The summed E-state index contributed by atoms with van der Waals surface area (Å²) in [5, 5.41) is 17.4. The van der Waals surface area contributed by atoms with E-state index in [0.717, 1.165) is 4.68 Å². The van der Waals surface area contributed by atoms with Gasteiger partial charge in [0.15, 0.2) is 0 Å². The zero-order valence-electron chi connectivity index (χ0n) is 13.1. The molecule has 0 saturated carbocycles. The third-order valence-corrected chi connectivity index (χ3v) is 6.55. The summed E-state index contributed by atoms with van der Waals surface area (Å²) in [6.45, 7) is 0.870. The van der Waals surface area contributed by atoms with Gasteiger partial charge in [-0.3, -0.25) is 4.68 Å². The molecule has 0 aliphatic carbocycles. The lowest BCUT2D eigenvalue weighted by Gasteiger charge is -2.38. The van der Waals surface area contributed by atoms with Gasteiger partial charge in [-0.05, 0) is 6.92 Å². The van der Waals surface area contributed by atoms with E-state index >= 15 is 0 Å². The van der Waals surface area contributed by atoms with E-state index < -0.39 is 39.3 Å². The molecule has 3 rings (SSSR count). The van der Waals surface area contributed by atoms with Crippen molar-refractivity contribution < 1.29 is 31.4 Å². The maximum atomic E-state index is 13.7. The molecule has 0 radical (unpaired) electrons. The zero-order chi connectivity index (χ0) is 18.8. The van der Waals surface area contributed by atoms with Crippen LogP contribution in [-0.4, -0.2) is 58.5 Å². The molecule has 1 fully saturated rings. The second kappa shape index (κ2) is 5.56. The number of hydrazone groups is 1. The largest absolute Gasteiger partial charge is 0.439 e. The quantitative estimate of drug-likeness (QED) is 0.797. The number of nitrogens with zero attached hydrogens (tertiary/aromatic N) is 4. The van der Waals surface area contributed by atoms with Crippen molar-refractivity contribution in [1.29, 1.82) is 0 Å². The van der Waals surface area contributed by atoms with E-state index in [0.29, 0.717) is 0 Å². The van der Waals surface area contributed by atoms with Crippen molar-refractivity contribution in [3.8, 4) is 0 Å². The molecular formula is C12H14ClF3N4O4S. The van der Waals surface area contributed by atoms with Gasteiger partial charge in [0.1, 0.15) is 10.0 Å². The summed E-state index contributed by atoms with van der Waals surface area (Å²) in [6.07, 6.45) is -5.33. The fourth-order valence-corrected chi connectivity index (χ4v) is 5.18. The van der Waals surface area contributed by atoms with E-state index in [4.69, 9.17) is 16.3 Å². The first-order valence-electron chi connectivity index (χ1n) is 7.11. The summed E-state index contributed by atoms with van der Waals surface area (Å²) in [6, 6.07) is 0. The number of aryl methyl sites for hydroxylation is 2. The number of alkyl halides is 3. The first kappa shape index (κ1) is 18.4. The van der Waals surface area contributed by atoms with Crippen LogP contribution in [0.4, 0.5) is 13.2 Å². The fourth-order valence-electron chi connectivity index (χ4n) is 2.98. The fraction of sp³-hybridized carbons (Fsp3) is 0.667. The highest BCUT2D eigenvalue weighted by Crippen LogP contribution is 2.48. The normalized spacial score (nSPS) is 27.4. The average Bonchev–Trinajstić information content (AvgIpc) is 2.95. The first-order valence-corrected chi connectivity index (χ1v) is 8.93. The molecule has 13 heteroatoms. The first-order chi connectivity index (χ1) is 11.4. The summed E-state index contributed by atoms with van der Waals surface area (Å²) < 4.78 is 72.5. The van der Waals surface area contributed by atoms with Crippen LogP contribution in [0.2, 0.25) is 5.15 Å². The van der Waals surface area contributed by atoms with Crippen LogP contribution >= 0.6 is 11.6 Å². The molecule has 2 atom stereocenters.